The Hall–Kier alpha value is -1.62. The van der Waals surface area contributed by atoms with E-state index in [1.807, 2.05) is 32.0 Å². The molecule has 17 heavy (non-hydrogen) atoms. The van der Waals surface area contributed by atoms with Gasteiger partial charge in [0, 0.05) is 4.90 Å². The largest absolute Gasteiger partial charge is 0.495 e. The number of benzene rings is 1. The molecule has 0 spiro atoms. The highest BCUT2D eigenvalue weighted by molar-refractivity contribution is 7.99. The molecule has 2 N–H and O–H groups in total. The molecule has 0 radical (unpaired) electrons. The summed E-state index contributed by atoms with van der Waals surface area (Å²) < 4.78 is 10.7. The van der Waals surface area contributed by atoms with Gasteiger partial charge in [0.2, 0.25) is 0 Å². The molecule has 4 nitrogen and oxygen atoms in total. The third-order valence-electron chi connectivity index (χ3n) is 2.45. The number of hydrogen-bond acceptors (Lipinski definition) is 5. The second kappa shape index (κ2) is 4.71. The zero-order valence-electron chi connectivity index (χ0n) is 9.98. The summed E-state index contributed by atoms with van der Waals surface area (Å²) >= 11 is 1.40. The van der Waals surface area contributed by atoms with E-state index in [0.29, 0.717) is 16.7 Å². The smallest absolute Gasteiger partial charge is 0.261 e. The highest BCUT2D eigenvalue weighted by Crippen LogP contribution is 2.36. The number of ether oxygens (including phenoxy) is 1. The molecular formula is C12H14N2O2S. The number of oxazole rings is 1. The van der Waals surface area contributed by atoms with Gasteiger partial charge >= 0.3 is 0 Å². The highest BCUT2D eigenvalue weighted by Gasteiger charge is 2.11. The fourth-order valence-electron chi connectivity index (χ4n) is 1.37. The van der Waals surface area contributed by atoms with E-state index in [2.05, 4.69) is 4.98 Å². The molecule has 0 atom stereocenters. The molecule has 0 aliphatic rings. The topological polar surface area (TPSA) is 61.3 Å². The quantitative estimate of drug-likeness (QED) is 0.848. The van der Waals surface area contributed by atoms with Crippen molar-refractivity contribution >= 4 is 17.4 Å². The van der Waals surface area contributed by atoms with Crippen molar-refractivity contribution in [2.45, 2.75) is 24.0 Å². The Morgan fingerprint density at radius 2 is 2.12 bits per heavy atom. The van der Waals surface area contributed by atoms with E-state index < -0.39 is 0 Å². The highest BCUT2D eigenvalue weighted by atomic mass is 32.2. The molecule has 1 aromatic carbocycles. The predicted molar refractivity (Wildman–Crippen MR) is 67.5 cm³/mol. The number of aryl methyl sites for hydroxylation is 2. The van der Waals surface area contributed by atoms with E-state index in [0.717, 1.165) is 16.3 Å². The number of nitrogen functional groups attached to an aromatic ring is 1. The van der Waals surface area contributed by atoms with Gasteiger partial charge in [0.15, 0.2) is 0 Å². The van der Waals surface area contributed by atoms with Crippen molar-refractivity contribution in [1.82, 2.24) is 4.98 Å². The molecule has 0 fully saturated rings. The van der Waals surface area contributed by atoms with Crippen molar-refractivity contribution in [3.63, 3.8) is 0 Å². The molecule has 0 unspecified atom stereocenters. The maximum atomic E-state index is 5.97. The molecule has 0 saturated carbocycles. The average molecular weight is 250 g/mol. The standard InChI is InChI=1S/C12H14N2O2S/c1-7-8(2)16-12(14-7)17-10-6-4-5-9(15-3)11(10)13/h4-6H,13H2,1-3H3. The van der Waals surface area contributed by atoms with Crippen LogP contribution in [0.4, 0.5) is 5.69 Å². The van der Waals surface area contributed by atoms with E-state index in [1.54, 1.807) is 7.11 Å². The minimum absolute atomic E-state index is 0.597. The molecule has 0 aliphatic heterocycles. The second-order valence-electron chi connectivity index (χ2n) is 3.60. The predicted octanol–water partition coefficient (Wildman–Crippen LogP) is 3.03. The lowest BCUT2D eigenvalue weighted by Gasteiger charge is -2.07. The zero-order valence-corrected chi connectivity index (χ0v) is 10.8. The lowest BCUT2D eigenvalue weighted by atomic mass is 10.3. The number of nitrogens with two attached hydrogens (primary N) is 1. The summed E-state index contributed by atoms with van der Waals surface area (Å²) in [5.74, 6) is 1.49. The third kappa shape index (κ3) is 2.39. The van der Waals surface area contributed by atoms with Crippen LogP contribution >= 0.6 is 11.8 Å². The van der Waals surface area contributed by atoms with Crippen molar-refractivity contribution in [2.75, 3.05) is 12.8 Å². The minimum Gasteiger partial charge on any atom is -0.495 e. The van der Waals surface area contributed by atoms with Gasteiger partial charge in [-0.2, -0.15) is 0 Å². The van der Waals surface area contributed by atoms with Gasteiger partial charge in [-0.3, -0.25) is 0 Å². The van der Waals surface area contributed by atoms with Gasteiger partial charge in [-0.25, -0.2) is 4.98 Å². The molecule has 2 rings (SSSR count). The second-order valence-corrected chi connectivity index (χ2v) is 4.59. The number of hydrogen-bond donors (Lipinski definition) is 1. The molecule has 0 aliphatic carbocycles. The Morgan fingerprint density at radius 1 is 1.35 bits per heavy atom. The molecule has 0 bridgehead atoms. The van der Waals surface area contributed by atoms with Crippen LogP contribution in [-0.2, 0) is 0 Å². The average Bonchev–Trinajstić information content (AvgIpc) is 2.61. The molecule has 2 aromatic rings. The van der Waals surface area contributed by atoms with E-state index >= 15 is 0 Å². The maximum absolute atomic E-state index is 5.97. The van der Waals surface area contributed by atoms with Crippen LogP contribution in [0.3, 0.4) is 0 Å². The number of rotatable bonds is 3. The van der Waals surface area contributed by atoms with Gasteiger partial charge in [0.05, 0.1) is 18.5 Å². The van der Waals surface area contributed by atoms with Crippen LogP contribution in [0.15, 0.2) is 32.7 Å². The van der Waals surface area contributed by atoms with Gasteiger partial charge in [-0.1, -0.05) is 6.07 Å². The third-order valence-corrected chi connectivity index (χ3v) is 3.38. The first-order valence-electron chi connectivity index (χ1n) is 5.16. The zero-order chi connectivity index (χ0) is 12.4. The van der Waals surface area contributed by atoms with Gasteiger partial charge in [-0.15, -0.1) is 0 Å². The number of anilines is 1. The summed E-state index contributed by atoms with van der Waals surface area (Å²) in [6.07, 6.45) is 0. The fraction of sp³-hybridized carbons (Fsp3) is 0.250. The molecule has 1 heterocycles. The summed E-state index contributed by atoms with van der Waals surface area (Å²) in [7, 11) is 1.60. The van der Waals surface area contributed by atoms with Crippen molar-refractivity contribution in [1.29, 1.82) is 0 Å². The van der Waals surface area contributed by atoms with Crippen molar-refractivity contribution < 1.29 is 9.15 Å². The molecule has 0 saturated heterocycles. The van der Waals surface area contributed by atoms with E-state index in [-0.39, 0.29) is 0 Å². The van der Waals surface area contributed by atoms with Crippen LogP contribution in [0, 0.1) is 13.8 Å². The summed E-state index contributed by atoms with van der Waals surface area (Å²) in [4.78, 5) is 5.18. The van der Waals surface area contributed by atoms with Crippen molar-refractivity contribution in [2.24, 2.45) is 0 Å². The number of para-hydroxylation sites is 1. The Kier molecular flexibility index (Phi) is 3.28. The molecule has 90 valence electrons. The van der Waals surface area contributed by atoms with Gasteiger partial charge < -0.3 is 14.9 Å². The number of nitrogens with zero attached hydrogens (tertiary/aromatic N) is 1. The Bertz CT molecular complexity index is 518. The van der Waals surface area contributed by atoms with Crippen molar-refractivity contribution in [3.8, 4) is 5.75 Å². The van der Waals surface area contributed by atoms with Gasteiger partial charge in [0.1, 0.15) is 11.5 Å². The van der Waals surface area contributed by atoms with Crippen LogP contribution in [-0.4, -0.2) is 12.1 Å². The lowest BCUT2D eigenvalue weighted by molar-refractivity contribution is 0.416. The molecule has 1 aromatic heterocycles. The van der Waals surface area contributed by atoms with Gasteiger partial charge in [0.25, 0.3) is 5.22 Å². The van der Waals surface area contributed by atoms with Crippen LogP contribution in [0.2, 0.25) is 0 Å². The Balaban J connectivity index is 2.30. The molecule has 0 amide bonds. The first-order chi connectivity index (χ1) is 8.11. The first-order valence-corrected chi connectivity index (χ1v) is 5.98. The van der Waals surface area contributed by atoms with Gasteiger partial charge in [-0.05, 0) is 37.7 Å². The van der Waals surface area contributed by atoms with Crippen LogP contribution in [0.1, 0.15) is 11.5 Å². The molecular weight excluding hydrogens is 236 g/mol. The molecule has 5 heteroatoms. The van der Waals surface area contributed by atoms with E-state index in [1.165, 1.54) is 11.8 Å². The van der Waals surface area contributed by atoms with E-state index in [9.17, 15) is 0 Å². The summed E-state index contributed by atoms with van der Waals surface area (Å²) in [5, 5.41) is 0.597. The number of methoxy groups -OCH3 is 1. The fourth-order valence-corrected chi connectivity index (χ4v) is 2.27. The Labute approximate surface area is 104 Å². The first kappa shape index (κ1) is 11.9. The van der Waals surface area contributed by atoms with E-state index in [4.69, 9.17) is 14.9 Å². The van der Waals surface area contributed by atoms with Crippen LogP contribution in [0.25, 0.3) is 0 Å². The summed E-state index contributed by atoms with van der Waals surface area (Å²) in [6.45, 7) is 3.80. The monoisotopic (exact) mass is 250 g/mol. The Morgan fingerprint density at radius 3 is 2.71 bits per heavy atom. The normalized spacial score (nSPS) is 10.5. The number of aromatic nitrogens is 1. The SMILES string of the molecule is COc1cccc(Sc2nc(C)c(C)o2)c1N. The maximum Gasteiger partial charge on any atom is 0.261 e. The van der Waals surface area contributed by atoms with Crippen LogP contribution in [0.5, 0.6) is 5.75 Å². The lowest BCUT2D eigenvalue weighted by Crippen LogP contribution is -1.93. The summed E-state index contributed by atoms with van der Waals surface area (Å²) in [5.41, 5.74) is 7.47. The summed E-state index contributed by atoms with van der Waals surface area (Å²) in [6, 6.07) is 5.63. The van der Waals surface area contributed by atoms with Crippen molar-refractivity contribution in [3.05, 3.63) is 29.7 Å². The minimum atomic E-state index is 0.597. The van der Waals surface area contributed by atoms with Crippen LogP contribution < -0.4 is 10.5 Å².